The number of aromatic nitrogens is 1. The van der Waals surface area contributed by atoms with Crippen LogP contribution >= 0.6 is 0 Å². The molecule has 1 N–H and O–H groups in total. The summed E-state index contributed by atoms with van der Waals surface area (Å²) < 4.78 is 33.5. The lowest BCUT2D eigenvalue weighted by Gasteiger charge is -2.10. The topological polar surface area (TPSA) is 47.2 Å². The lowest BCUT2D eigenvalue weighted by molar-refractivity contribution is 0.0945. The molecule has 3 rings (SSSR count). The largest absolute Gasteiger partial charge is 0.463 e. The third kappa shape index (κ3) is 2.97. The predicted molar refractivity (Wildman–Crippen MR) is 82.3 cm³/mol. The Labute approximate surface area is 131 Å². The Kier molecular flexibility index (Phi) is 4.14. The molecule has 23 heavy (non-hydrogen) atoms. The van der Waals surface area contributed by atoms with Crippen molar-refractivity contribution >= 4 is 17.0 Å². The predicted octanol–water partition coefficient (Wildman–Crippen LogP) is 3.70. The van der Waals surface area contributed by atoms with Crippen LogP contribution in [0.1, 0.15) is 29.4 Å². The van der Waals surface area contributed by atoms with Gasteiger partial charge in [0.2, 0.25) is 0 Å². The molecule has 0 spiro atoms. The van der Waals surface area contributed by atoms with Crippen molar-refractivity contribution < 1.29 is 18.0 Å². The SMILES string of the molecule is CCCNC(=O)c1cc2occc2n1Cc1ccc(F)c(F)c1. The molecular weight excluding hydrogens is 302 g/mol. The highest BCUT2D eigenvalue weighted by Crippen LogP contribution is 2.23. The van der Waals surface area contributed by atoms with Gasteiger partial charge in [0.15, 0.2) is 17.2 Å². The molecule has 0 aliphatic heterocycles. The number of nitrogens with one attached hydrogen (secondary N) is 1. The van der Waals surface area contributed by atoms with E-state index < -0.39 is 11.6 Å². The molecule has 0 atom stereocenters. The molecular formula is C17H16F2N2O2. The molecule has 0 saturated carbocycles. The number of furan rings is 1. The number of hydrogen-bond acceptors (Lipinski definition) is 2. The van der Waals surface area contributed by atoms with Gasteiger partial charge in [-0.15, -0.1) is 0 Å². The lowest BCUT2D eigenvalue weighted by atomic mass is 10.2. The van der Waals surface area contributed by atoms with Crippen molar-refractivity contribution in [1.82, 2.24) is 9.88 Å². The number of amides is 1. The molecule has 6 heteroatoms. The molecule has 0 bridgehead atoms. The van der Waals surface area contributed by atoms with Gasteiger partial charge in [0, 0.05) is 25.2 Å². The van der Waals surface area contributed by atoms with E-state index >= 15 is 0 Å². The number of hydrogen-bond donors (Lipinski definition) is 1. The van der Waals surface area contributed by atoms with Gasteiger partial charge < -0.3 is 14.3 Å². The van der Waals surface area contributed by atoms with E-state index in [2.05, 4.69) is 5.32 Å². The monoisotopic (exact) mass is 318 g/mol. The van der Waals surface area contributed by atoms with Crippen LogP contribution in [0.4, 0.5) is 8.78 Å². The van der Waals surface area contributed by atoms with Crippen molar-refractivity contribution in [3.05, 3.63) is 59.5 Å². The van der Waals surface area contributed by atoms with Crippen LogP contribution in [0.2, 0.25) is 0 Å². The minimum atomic E-state index is -0.907. The molecule has 2 heterocycles. The maximum absolute atomic E-state index is 13.4. The van der Waals surface area contributed by atoms with Crippen LogP contribution in [0.5, 0.6) is 0 Å². The van der Waals surface area contributed by atoms with Crippen molar-refractivity contribution in [2.45, 2.75) is 19.9 Å². The average Bonchev–Trinajstić information content (AvgIpc) is 3.11. The summed E-state index contributed by atoms with van der Waals surface area (Å²) in [7, 11) is 0. The average molecular weight is 318 g/mol. The molecule has 120 valence electrons. The number of rotatable bonds is 5. The first kappa shape index (κ1) is 15.3. The van der Waals surface area contributed by atoms with Gasteiger partial charge in [0.05, 0.1) is 11.8 Å². The van der Waals surface area contributed by atoms with Crippen LogP contribution in [-0.2, 0) is 6.54 Å². The van der Waals surface area contributed by atoms with Crippen molar-refractivity contribution in [1.29, 1.82) is 0 Å². The zero-order chi connectivity index (χ0) is 16.4. The molecule has 0 unspecified atom stereocenters. The molecule has 1 amide bonds. The molecule has 0 aliphatic rings. The van der Waals surface area contributed by atoms with E-state index in [1.807, 2.05) is 6.92 Å². The quantitative estimate of drug-likeness (QED) is 0.780. The van der Waals surface area contributed by atoms with Crippen LogP contribution in [0.15, 0.2) is 41.0 Å². The smallest absolute Gasteiger partial charge is 0.268 e. The van der Waals surface area contributed by atoms with Crippen LogP contribution in [-0.4, -0.2) is 17.0 Å². The van der Waals surface area contributed by atoms with E-state index in [4.69, 9.17) is 4.42 Å². The van der Waals surface area contributed by atoms with Crippen LogP contribution in [0, 0.1) is 11.6 Å². The zero-order valence-corrected chi connectivity index (χ0v) is 12.6. The number of carbonyl (C=O) groups is 1. The van der Waals surface area contributed by atoms with Gasteiger partial charge in [-0.05, 0) is 24.1 Å². The minimum absolute atomic E-state index is 0.221. The summed E-state index contributed by atoms with van der Waals surface area (Å²) in [6, 6.07) is 7.11. The second kappa shape index (κ2) is 6.24. The van der Waals surface area contributed by atoms with Crippen molar-refractivity contribution in [3.63, 3.8) is 0 Å². The molecule has 1 aromatic carbocycles. The van der Waals surface area contributed by atoms with Gasteiger partial charge in [-0.25, -0.2) is 8.78 Å². The highest BCUT2D eigenvalue weighted by Gasteiger charge is 2.17. The Morgan fingerprint density at radius 1 is 1.22 bits per heavy atom. The van der Waals surface area contributed by atoms with Crippen LogP contribution < -0.4 is 5.32 Å². The Balaban J connectivity index is 1.98. The van der Waals surface area contributed by atoms with Crippen molar-refractivity contribution in [3.8, 4) is 0 Å². The first-order chi connectivity index (χ1) is 11.1. The maximum Gasteiger partial charge on any atom is 0.268 e. The number of fused-ring (bicyclic) bond motifs is 1. The number of carbonyl (C=O) groups excluding carboxylic acids is 1. The summed E-state index contributed by atoms with van der Waals surface area (Å²) in [5.74, 6) is -2.02. The molecule has 0 fully saturated rings. The maximum atomic E-state index is 13.4. The van der Waals surface area contributed by atoms with Gasteiger partial charge in [0.25, 0.3) is 5.91 Å². The highest BCUT2D eigenvalue weighted by molar-refractivity contribution is 5.97. The second-order valence-corrected chi connectivity index (χ2v) is 5.29. The molecule has 3 aromatic rings. The van der Waals surface area contributed by atoms with Crippen LogP contribution in [0.25, 0.3) is 11.1 Å². The van der Waals surface area contributed by atoms with Gasteiger partial charge in [-0.3, -0.25) is 4.79 Å². The second-order valence-electron chi connectivity index (χ2n) is 5.29. The fraction of sp³-hybridized carbons (Fsp3) is 0.235. The van der Waals surface area contributed by atoms with Gasteiger partial charge in [-0.2, -0.15) is 0 Å². The number of nitrogens with zero attached hydrogens (tertiary/aromatic N) is 1. The van der Waals surface area contributed by atoms with Gasteiger partial charge in [0.1, 0.15) is 5.69 Å². The normalized spacial score (nSPS) is 11.1. The summed E-state index contributed by atoms with van der Waals surface area (Å²) in [4.78, 5) is 12.3. The molecule has 2 aromatic heterocycles. The number of halogens is 2. The molecule has 0 radical (unpaired) electrons. The lowest BCUT2D eigenvalue weighted by Crippen LogP contribution is -2.26. The Morgan fingerprint density at radius 3 is 2.78 bits per heavy atom. The van der Waals surface area contributed by atoms with Crippen molar-refractivity contribution in [2.75, 3.05) is 6.54 Å². The van der Waals surface area contributed by atoms with E-state index in [1.165, 1.54) is 12.3 Å². The first-order valence-corrected chi connectivity index (χ1v) is 7.39. The molecule has 0 aliphatic carbocycles. The van der Waals surface area contributed by atoms with E-state index in [9.17, 15) is 13.6 Å². The van der Waals surface area contributed by atoms with E-state index in [0.29, 0.717) is 23.4 Å². The third-order valence-corrected chi connectivity index (χ3v) is 3.62. The Morgan fingerprint density at radius 2 is 2.04 bits per heavy atom. The number of benzene rings is 1. The Hall–Kier alpha value is -2.63. The Bertz CT molecular complexity index is 852. The minimum Gasteiger partial charge on any atom is -0.463 e. The fourth-order valence-corrected chi connectivity index (χ4v) is 2.49. The fourth-order valence-electron chi connectivity index (χ4n) is 2.49. The zero-order valence-electron chi connectivity index (χ0n) is 12.6. The first-order valence-electron chi connectivity index (χ1n) is 7.39. The molecule has 4 nitrogen and oxygen atoms in total. The standard InChI is InChI=1S/C17H16F2N2O2/c1-2-6-20-17(22)15-9-16-14(5-7-23-16)21(15)10-11-3-4-12(18)13(19)8-11/h3-5,7-9H,2,6,10H2,1H3,(H,20,22). The summed E-state index contributed by atoms with van der Waals surface area (Å²) in [5.41, 5.74) is 2.30. The van der Waals surface area contributed by atoms with Crippen molar-refractivity contribution in [2.24, 2.45) is 0 Å². The summed E-state index contributed by atoms with van der Waals surface area (Å²) in [6.45, 7) is 2.78. The third-order valence-electron chi connectivity index (χ3n) is 3.62. The summed E-state index contributed by atoms with van der Waals surface area (Å²) in [5, 5.41) is 2.81. The molecule has 0 saturated heterocycles. The van der Waals surface area contributed by atoms with Gasteiger partial charge >= 0.3 is 0 Å². The van der Waals surface area contributed by atoms with Gasteiger partial charge in [-0.1, -0.05) is 13.0 Å². The summed E-state index contributed by atoms with van der Waals surface area (Å²) in [6.07, 6.45) is 2.35. The van der Waals surface area contributed by atoms with Crippen LogP contribution in [0.3, 0.4) is 0 Å². The summed E-state index contributed by atoms with van der Waals surface area (Å²) >= 11 is 0. The van der Waals surface area contributed by atoms with E-state index in [0.717, 1.165) is 24.1 Å². The highest BCUT2D eigenvalue weighted by atomic mass is 19.2. The van der Waals surface area contributed by atoms with E-state index in [-0.39, 0.29) is 12.5 Å². The van der Waals surface area contributed by atoms with E-state index in [1.54, 1.807) is 16.7 Å².